The number of para-hydroxylation sites is 1. The Bertz CT molecular complexity index is 809. The molecular weight excluding hydrogens is 354 g/mol. The molecule has 1 atom stereocenters. The summed E-state index contributed by atoms with van der Waals surface area (Å²) in [5.41, 5.74) is 5.16. The lowest BCUT2D eigenvalue weighted by Crippen LogP contribution is -2.39. The number of halogens is 4. The number of nitrogens with one attached hydrogen (secondary N) is 2. The number of hydrogen-bond acceptors (Lipinski definition) is 3. The number of carbonyl (C=O) groups excluding carboxylic acids is 1. The van der Waals surface area contributed by atoms with Gasteiger partial charge < -0.3 is 10.5 Å². The van der Waals surface area contributed by atoms with Crippen LogP contribution >= 0.6 is 0 Å². The molecule has 26 heavy (non-hydrogen) atoms. The summed E-state index contributed by atoms with van der Waals surface area (Å²) in [6, 6.07) is 10.6. The highest BCUT2D eigenvalue weighted by molar-refractivity contribution is 5.98. The van der Waals surface area contributed by atoms with E-state index in [1.807, 2.05) is 5.32 Å². The van der Waals surface area contributed by atoms with Crippen molar-refractivity contribution < 1.29 is 27.1 Å². The molecule has 9 heteroatoms. The maximum atomic E-state index is 14.0. The molecule has 1 amide bonds. The first-order valence-electron chi connectivity index (χ1n) is 7.40. The molecule has 0 saturated heterocycles. The second-order valence-electron chi connectivity index (χ2n) is 5.34. The molecule has 0 heterocycles. The van der Waals surface area contributed by atoms with Gasteiger partial charge >= 0.3 is 6.36 Å². The van der Waals surface area contributed by atoms with Gasteiger partial charge in [-0.1, -0.05) is 36.4 Å². The molecule has 0 spiro atoms. The molecule has 1 unspecified atom stereocenters. The van der Waals surface area contributed by atoms with Crippen LogP contribution < -0.4 is 15.8 Å². The molecule has 2 aromatic rings. The van der Waals surface area contributed by atoms with Crippen molar-refractivity contribution in [2.24, 2.45) is 5.73 Å². The molecule has 138 valence electrons. The third kappa shape index (κ3) is 5.20. The van der Waals surface area contributed by atoms with E-state index in [1.165, 1.54) is 42.5 Å². The number of hydrogen-bond donors (Lipinski definition) is 3. The predicted octanol–water partition coefficient (Wildman–Crippen LogP) is 3.06. The molecule has 0 aromatic heterocycles. The lowest BCUT2D eigenvalue weighted by atomic mass is 9.90. The quantitative estimate of drug-likeness (QED) is 0.430. The van der Waals surface area contributed by atoms with Gasteiger partial charge in [0.1, 0.15) is 11.6 Å². The maximum absolute atomic E-state index is 14.0. The van der Waals surface area contributed by atoms with Gasteiger partial charge in [0.2, 0.25) is 5.91 Å². The molecular formula is C17H15F4N3O2. The Balaban J connectivity index is 2.46. The number of amides is 1. The van der Waals surface area contributed by atoms with Gasteiger partial charge in [0, 0.05) is 5.56 Å². The molecule has 0 aliphatic rings. The lowest BCUT2D eigenvalue weighted by molar-refractivity contribution is -0.275. The van der Waals surface area contributed by atoms with Crippen LogP contribution in [0.15, 0.2) is 48.5 Å². The molecule has 2 aromatic carbocycles. The van der Waals surface area contributed by atoms with Crippen LogP contribution in [-0.4, -0.2) is 18.2 Å². The first-order chi connectivity index (χ1) is 12.2. The minimum absolute atomic E-state index is 0.105. The second-order valence-corrected chi connectivity index (χ2v) is 5.34. The minimum Gasteiger partial charge on any atom is -0.405 e. The molecule has 0 saturated carbocycles. The zero-order chi connectivity index (χ0) is 19.3. The lowest BCUT2D eigenvalue weighted by Gasteiger charge is -2.21. The summed E-state index contributed by atoms with van der Waals surface area (Å²) in [5.74, 6) is -3.97. The first kappa shape index (κ1) is 19.2. The zero-order valence-corrected chi connectivity index (χ0v) is 13.3. The van der Waals surface area contributed by atoms with E-state index in [4.69, 9.17) is 11.1 Å². The van der Waals surface area contributed by atoms with E-state index in [-0.39, 0.29) is 17.5 Å². The van der Waals surface area contributed by atoms with Crippen LogP contribution in [0.5, 0.6) is 5.75 Å². The number of guanidine groups is 1. The topological polar surface area (TPSA) is 88.2 Å². The van der Waals surface area contributed by atoms with E-state index in [0.717, 1.165) is 6.07 Å². The van der Waals surface area contributed by atoms with Crippen molar-refractivity contribution in [1.82, 2.24) is 5.32 Å². The van der Waals surface area contributed by atoms with Gasteiger partial charge in [-0.25, -0.2) is 4.39 Å². The van der Waals surface area contributed by atoms with E-state index in [0.29, 0.717) is 0 Å². The Labute approximate surface area is 146 Å². The van der Waals surface area contributed by atoms with E-state index < -0.39 is 35.7 Å². The molecule has 0 aliphatic carbocycles. The van der Waals surface area contributed by atoms with Gasteiger partial charge in [-0.2, -0.15) is 0 Å². The largest absolute Gasteiger partial charge is 0.573 e. The van der Waals surface area contributed by atoms with Crippen molar-refractivity contribution in [3.05, 3.63) is 65.5 Å². The minimum atomic E-state index is -4.96. The number of nitrogens with two attached hydrogens (primary N) is 1. The summed E-state index contributed by atoms with van der Waals surface area (Å²) in [4.78, 5) is 12.4. The van der Waals surface area contributed by atoms with E-state index in [1.54, 1.807) is 0 Å². The summed E-state index contributed by atoms with van der Waals surface area (Å²) < 4.78 is 55.9. The fourth-order valence-electron chi connectivity index (χ4n) is 2.43. The van der Waals surface area contributed by atoms with Crippen molar-refractivity contribution in [2.75, 3.05) is 0 Å². The number of ether oxygens (including phenoxy) is 1. The Morgan fingerprint density at radius 3 is 2.38 bits per heavy atom. The average Bonchev–Trinajstić information content (AvgIpc) is 2.53. The highest BCUT2D eigenvalue weighted by Gasteiger charge is 2.34. The molecule has 0 radical (unpaired) electrons. The van der Waals surface area contributed by atoms with E-state index in [2.05, 4.69) is 4.74 Å². The van der Waals surface area contributed by atoms with Crippen LogP contribution in [0.2, 0.25) is 0 Å². The third-order valence-electron chi connectivity index (χ3n) is 3.48. The van der Waals surface area contributed by atoms with Crippen molar-refractivity contribution in [2.45, 2.75) is 18.7 Å². The van der Waals surface area contributed by atoms with Gasteiger partial charge in [0.15, 0.2) is 5.96 Å². The van der Waals surface area contributed by atoms with E-state index >= 15 is 0 Å². The molecule has 2 rings (SSSR count). The number of rotatable bonds is 5. The predicted molar refractivity (Wildman–Crippen MR) is 86.0 cm³/mol. The van der Waals surface area contributed by atoms with E-state index in [9.17, 15) is 22.4 Å². The fourth-order valence-corrected chi connectivity index (χ4v) is 2.43. The van der Waals surface area contributed by atoms with Gasteiger partial charge in [0.05, 0.1) is 5.92 Å². The average molecular weight is 369 g/mol. The van der Waals surface area contributed by atoms with Crippen LogP contribution in [0.3, 0.4) is 0 Å². The third-order valence-corrected chi connectivity index (χ3v) is 3.48. The SMILES string of the molecule is N=C(N)NC(=O)C(Cc1ccccc1F)c1ccccc1OC(F)(F)F. The first-order valence-corrected chi connectivity index (χ1v) is 7.40. The van der Waals surface area contributed by atoms with Crippen LogP contribution in [0, 0.1) is 11.2 Å². The standard InChI is InChI=1S/C17H15F4N3O2/c18-13-7-3-1-5-10(13)9-12(15(25)24-16(22)23)11-6-2-4-8-14(11)26-17(19,20)21/h1-8,12H,9H2,(H4,22,23,24,25). The number of benzene rings is 2. The van der Waals surface area contributed by atoms with Gasteiger partial charge in [0.25, 0.3) is 0 Å². The normalized spacial score (nSPS) is 12.3. The summed E-state index contributed by atoms with van der Waals surface area (Å²) in [6.45, 7) is 0. The highest BCUT2D eigenvalue weighted by atomic mass is 19.4. The number of alkyl halides is 3. The zero-order valence-electron chi connectivity index (χ0n) is 13.3. The van der Waals surface area contributed by atoms with Crippen LogP contribution in [-0.2, 0) is 11.2 Å². The van der Waals surface area contributed by atoms with Crippen molar-refractivity contribution in [3.8, 4) is 5.75 Å². The molecule has 0 bridgehead atoms. The smallest absolute Gasteiger partial charge is 0.405 e. The van der Waals surface area contributed by atoms with Gasteiger partial charge in [-0.3, -0.25) is 15.5 Å². The monoisotopic (exact) mass is 369 g/mol. The molecule has 0 fully saturated rings. The Kier molecular flexibility index (Phi) is 5.81. The van der Waals surface area contributed by atoms with Crippen LogP contribution in [0.4, 0.5) is 17.6 Å². The molecule has 4 N–H and O–H groups in total. The van der Waals surface area contributed by atoms with Gasteiger partial charge in [-0.05, 0) is 24.1 Å². The highest BCUT2D eigenvalue weighted by Crippen LogP contribution is 2.33. The fraction of sp³-hybridized carbons (Fsp3) is 0.176. The number of carbonyl (C=O) groups is 1. The van der Waals surface area contributed by atoms with Crippen LogP contribution in [0.25, 0.3) is 0 Å². The summed E-state index contributed by atoms with van der Waals surface area (Å²) in [5, 5.41) is 9.19. The van der Waals surface area contributed by atoms with Crippen molar-refractivity contribution in [1.29, 1.82) is 5.41 Å². The summed E-state index contributed by atoms with van der Waals surface area (Å²) >= 11 is 0. The maximum Gasteiger partial charge on any atom is 0.573 e. The summed E-state index contributed by atoms with van der Waals surface area (Å²) in [7, 11) is 0. The van der Waals surface area contributed by atoms with Crippen molar-refractivity contribution >= 4 is 11.9 Å². The summed E-state index contributed by atoms with van der Waals surface area (Å²) in [6.07, 6.45) is -5.21. The Hall–Kier alpha value is -3.10. The molecule has 5 nitrogen and oxygen atoms in total. The second kappa shape index (κ2) is 7.85. The van der Waals surface area contributed by atoms with Crippen LogP contribution in [0.1, 0.15) is 17.0 Å². The van der Waals surface area contributed by atoms with Gasteiger partial charge in [-0.15, -0.1) is 13.2 Å². The van der Waals surface area contributed by atoms with Crippen molar-refractivity contribution in [3.63, 3.8) is 0 Å². The Morgan fingerprint density at radius 2 is 1.77 bits per heavy atom. The molecule has 0 aliphatic heterocycles. The Morgan fingerprint density at radius 1 is 1.15 bits per heavy atom.